The van der Waals surface area contributed by atoms with Gasteiger partial charge in [0.2, 0.25) is 5.95 Å². The molecule has 0 bridgehead atoms. The third-order valence-corrected chi connectivity index (χ3v) is 6.50. The Bertz CT molecular complexity index is 1530. The van der Waals surface area contributed by atoms with Gasteiger partial charge in [-0.25, -0.2) is 9.97 Å². The number of ether oxygens (including phenoxy) is 2. The summed E-state index contributed by atoms with van der Waals surface area (Å²) in [5.41, 5.74) is 6.05. The summed E-state index contributed by atoms with van der Waals surface area (Å²) in [6.07, 6.45) is 3.03. The Balaban J connectivity index is 1.45. The number of nitrogens with zero attached hydrogens (tertiary/aromatic N) is 6. The van der Waals surface area contributed by atoms with Gasteiger partial charge in [-0.05, 0) is 25.6 Å². The second-order valence-electron chi connectivity index (χ2n) is 8.99. The molecule has 5 rings (SSSR count). The van der Waals surface area contributed by atoms with Crippen molar-refractivity contribution < 1.29 is 22.6 Å². The Morgan fingerprint density at radius 2 is 2.00 bits per heavy atom. The summed E-state index contributed by atoms with van der Waals surface area (Å²) >= 11 is 6.64. The second-order valence-corrected chi connectivity index (χ2v) is 9.36. The number of rotatable bonds is 7. The highest BCUT2D eigenvalue weighted by Gasteiger charge is 2.32. The molecule has 1 aromatic carbocycles. The number of nitrogens with one attached hydrogen (secondary N) is 1. The maximum absolute atomic E-state index is 13.7. The molecule has 0 saturated carbocycles. The van der Waals surface area contributed by atoms with Gasteiger partial charge in [0.25, 0.3) is 0 Å². The third kappa shape index (κ3) is 5.68. The van der Waals surface area contributed by atoms with E-state index in [1.807, 2.05) is 7.05 Å². The van der Waals surface area contributed by atoms with Gasteiger partial charge in [-0.1, -0.05) is 11.6 Å². The fraction of sp³-hybridized carbons (Fsp3) is 0.280. The van der Waals surface area contributed by atoms with E-state index >= 15 is 0 Å². The van der Waals surface area contributed by atoms with Crippen LogP contribution in [-0.2, 0) is 13.2 Å². The van der Waals surface area contributed by atoms with E-state index in [2.05, 4.69) is 30.2 Å². The van der Waals surface area contributed by atoms with Crippen LogP contribution in [0, 0.1) is 0 Å². The quantitative estimate of drug-likeness (QED) is 0.313. The average Bonchev–Trinajstić information content (AvgIpc) is 3.45. The lowest BCUT2D eigenvalue weighted by atomic mass is 10.1. The van der Waals surface area contributed by atoms with Crippen LogP contribution in [-0.4, -0.2) is 55.6 Å². The van der Waals surface area contributed by atoms with E-state index in [4.69, 9.17) is 26.8 Å². The van der Waals surface area contributed by atoms with Crippen molar-refractivity contribution in [1.82, 2.24) is 29.4 Å². The molecule has 1 atom stereocenters. The smallest absolute Gasteiger partial charge is 0.416 e. The van der Waals surface area contributed by atoms with Crippen LogP contribution in [0.25, 0.3) is 16.9 Å². The van der Waals surface area contributed by atoms with E-state index in [1.165, 1.54) is 37.1 Å². The minimum absolute atomic E-state index is 0.114. The molecule has 1 aliphatic rings. The summed E-state index contributed by atoms with van der Waals surface area (Å²) in [5, 5.41) is 3.12. The van der Waals surface area contributed by atoms with Crippen molar-refractivity contribution in [2.45, 2.75) is 18.7 Å². The van der Waals surface area contributed by atoms with Crippen molar-refractivity contribution in [1.29, 1.82) is 0 Å². The zero-order valence-electron chi connectivity index (χ0n) is 20.9. The van der Waals surface area contributed by atoms with Gasteiger partial charge in [0.1, 0.15) is 28.1 Å². The van der Waals surface area contributed by atoms with Crippen molar-refractivity contribution in [3.8, 4) is 11.5 Å². The molecule has 39 heavy (non-hydrogen) atoms. The number of halogens is 4. The molecule has 0 unspecified atom stereocenters. The maximum atomic E-state index is 13.7. The van der Waals surface area contributed by atoms with E-state index in [0.29, 0.717) is 17.8 Å². The molecule has 0 radical (unpaired) electrons. The summed E-state index contributed by atoms with van der Waals surface area (Å²) in [4.78, 5) is 18.9. The summed E-state index contributed by atoms with van der Waals surface area (Å²) < 4.78 is 54.4. The molecule has 4 heterocycles. The molecule has 1 aliphatic heterocycles. The molecule has 1 fully saturated rings. The van der Waals surface area contributed by atoms with E-state index in [-0.39, 0.29) is 45.7 Å². The van der Waals surface area contributed by atoms with Crippen molar-refractivity contribution in [3.63, 3.8) is 0 Å². The molecule has 3 aromatic heterocycles. The molecule has 4 aromatic rings. The highest BCUT2D eigenvalue weighted by molar-refractivity contribution is 6.36. The molecule has 10 nitrogen and oxygen atoms in total. The Morgan fingerprint density at radius 3 is 2.67 bits per heavy atom. The molecule has 0 aliphatic carbocycles. The summed E-state index contributed by atoms with van der Waals surface area (Å²) in [6.45, 7) is 1.45. The van der Waals surface area contributed by atoms with Crippen LogP contribution in [0.1, 0.15) is 17.7 Å². The molecular weight excluding hydrogens is 537 g/mol. The minimum atomic E-state index is -4.57. The van der Waals surface area contributed by atoms with Gasteiger partial charge in [-0.15, -0.1) is 0 Å². The van der Waals surface area contributed by atoms with Gasteiger partial charge in [-0.3, -0.25) is 4.98 Å². The normalized spacial score (nSPS) is 16.6. The lowest BCUT2D eigenvalue weighted by Gasteiger charge is -2.17. The van der Waals surface area contributed by atoms with Gasteiger partial charge in [0.15, 0.2) is 17.2 Å². The van der Waals surface area contributed by atoms with Crippen LogP contribution < -0.4 is 20.5 Å². The number of pyridine rings is 1. The molecule has 14 heteroatoms. The van der Waals surface area contributed by atoms with Crippen LogP contribution in [0.3, 0.4) is 0 Å². The first kappa shape index (κ1) is 26.5. The fourth-order valence-electron chi connectivity index (χ4n) is 4.23. The van der Waals surface area contributed by atoms with Crippen LogP contribution in [0.5, 0.6) is 11.5 Å². The summed E-state index contributed by atoms with van der Waals surface area (Å²) in [7, 11) is 3.59. The van der Waals surface area contributed by atoms with Crippen LogP contribution >= 0.6 is 11.6 Å². The Labute approximate surface area is 226 Å². The third-order valence-electron chi connectivity index (χ3n) is 6.13. The average molecular weight is 561 g/mol. The standard InChI is InChI=1S/C25H24ClF3N8O2/c1-36-6-3-16(13-36)38-17-8-14(25(27,28)29)7-15(9-17)34-24-35-23-22(37(24)2)21(26)20(12-33-23)39-19(10-30)18-11-31-4-5-32-18/h4-5,7-12,16H,3,6,13,30H2,1-2H3,(H,33,34,35)/t16-/m0/s1. The highest BCUT2D eigenvalue weighted by atomic mass is 35.5. The number of likely N-dealkylation sites (N-methyl/N-ethyl adjacent to an activating group) is 1. The van der Waals surface area contributed by atoms with Gasteiger partial charge >= 0.3 is 6.18 Å². The second kappa shape index (κ2) is 10.6. The number of imidazole rings is 1. The van der Waals surface area contributed by atoms with Crippen molar-refractivity contribution in [2.75, 3.05) is 25.5 Å². The zero-order valence-corrected chi connectivity index (χ0v) is 21.7. The number of hydrogen-bond donors (Lipinski definition) is 2. The molecule has 0 spiro atoms. The largest absolute Gasteiger partial charge is 0.489 e. The molecular formula is C25H24ClF3N8O2. The Kier molecular flexibility index (Phi) is 7.19. The predicted molar refractivity (Wildman–Crippen MR) is 140 cm³/mol. The number of likely N-dealkylation sites (tertiary alicyclic amines) is 1. The van der Waals surface area contributed by atoms with Crippen molar-refractivity contribution >= 4 is 40.2 Å². The van der Waals surface area contributed by atoms with E-state index < -0.39 is 11.7 Å². The first-order valence-electron chi connectivity index (χ1n) is 11.8. The van der Waals surface area contributed by atoms with Crippen LogP contribution in [0.2, 0.25) is 5.02 Å². The zero-order chi connectivity index (χ0) is 27.7. The van der Waals surface area contributed by atoms with E-state index in [1.54, 1.807) is 11.6 Å². The number of aryl methyl sites for hydroxylation is 1. The maximum Gasteiger partial charge on any atom is 0.416 e. The van der Waals surface area contributed by atoms with Gasteiger partial charge < -0.3 is 30.0 Å². The fourth-order valence-corrected chi connectivity index (χ4v) is 4.53. The lowest BCUT2D eigenvalue weighted by Crippen LogP contribution is -2.21. The number of alkyl halides is 3. The first-order valence-corrected chi connectivity index (χ1v) is 12.2. The molecule has 0 amide bonds. The summed E-state index contributed by atoms with van der Waals surface area (Å²) in [6, 6.07) is 3.51. The molecule has 204 valence electrons. The van der Waals surface area contributed by atoms with Crippen molar-refractivity contribution in [2.24, 2.45) is 12.8 Å². The van der Waals surface area contributed by atoms with Gasteiger partial charge in [0.05, 0.1) is 18.0 Å². The number of aromatic nitrogens is 5. The molecule has 1 saturated heterocycles. The number of anilines is 2. The van der Waals surface area contributed by atoms with Gasteiger partial charge in [-0.2, -0.15) is 18.2 Å². The van der Waals surface area contributed by atoms with E-state index in [0.717, 1.165) is 25.1 Å². The topological polar surface area (TPSA) is 116 Å². The summed E-state index contributed by atoms with van der Waals surface area (Å²) in [5.74, 6) is 0.711. The number of hydrogen-bond acceptors (Lipinski definition) is 9. The Morgan fingerprint density at radius 1 is 1.18 bits per heavy atom. The molecule has 3 N–H and O–H groups in total. The predicted octanol–water partition coefficient (Wildman–Crippen LogP) is 4.59. The van der Waals surface area contributed by atoms with Crippen LogP contribution in [0.15, 0.2) is 49.2 Å². The number of fused-ring (bicyclic) bond motifs is 1. The minimum Gasteiger partial charge on any atom is -0.489 e. The van der Waals surface area contributed by atoms with Gasteiger partial charge in [0, 0.05) is 50.5 Å². The van der Waals surface area contributed by atoms with Crippen molar-refractivity contribution in [3.05, 3.63) is 65.5 Å². The number of benzene rings is 1. The highest BCUT2D eigenvalue weighted by Crippen LogP contribution is 2.38. The van der Waals surface area contributed by atoms with Crippen LogP contribution in [0.4, 0.5) is 24.8 Å². The number of nitrogens with two attached hydrogens (primary N) is 1. The SMILES string of the molecule is CN1CC[C@H](Oc2cc(Nc3nc4ncc(OC(=CN)c5cnccn5)c(Cl)c4n3C)cc(C(F)(F)F)c2)C1. The van der Waals surface area contributed by atoms with E-state index in [9.17, 15) is 13.2 Å². The Hall–Kier alpha value is -4.10. The first-order chi connectivity index (χ1) is 18.6. The monoisotopic (exact) mass is 560 g/mol. The lowest BCUT2D eigenvalue weighted by molar-refractivity contribution is -0.137.